The van der Waals surface area contributed by atoms with Crippen molar-refractivity contribution in [2.45, 2.75) is 12.3 Å². The summed E-state index contributed by atoms with van der Waals surface area (Å²) in [5, 5.41) is 18.2. The van der Waals surface area contributed by atoms with Crippen molar-refractivity contribution in [2.24, 2.45) is 11.3 Å². The van der Waals surface area contributed by atoms with E-state index in [9.17, 15) is 19.5 Å². The molecule has 1 saturated heterocycles. The van der Waals surface area contributed by atoms with Gasteiger partial charge < -0.3 is 14.7 Å². The summed E-state index contributed by atoms with van der Waals surface area (Å²) >= 11 is 0. The van der Waals surface area contributed by atoms with E-state index >= 15 is 0 Å². The molecule has 3 N–H and O–H groups in total. The first kappa shape index (κ1) is 20.4. The number of amides is 2. The number of fused-ring (bicyclic) bond motifs is 4. The number of carboxylic acids is 1. The molecule has 2 aliphatic carbocycles. The van der Waals surface area contributed by atoms with Crippen molar-refractivity contribution >= 4 is 23.9 Å². The Balaban J connectivity index is 1.08. The number of piperidine rings is 1. The molecule has 1 aliphatic heterocycles. The van der Waals surface area contributed by atoms with Crippen LogP contribution in [0.1, 0.15) is 34.1 Å². The Morgan fingerprint density at radius 3 is 2.44 bits per heavy atom. The molecule has 2 amide bonds. The van der Waals surface area contributed by atoms with Crippen molar-refractivity contribution in [3.63, 3.8) is 0 Å². The third-order valence-corrected chi connectivity index (χ3v) is 7.10. The summed E-state index contributed by atoms with van der Waals surface area (Å²) in [5.74, 6) is -1.56. The number of H-pyrrole nitrogens is 1. The van der Waals surface area contributed by atoms with Crippen molar-refractivity contribution in [2.75, 3.05) is 25.0 Å². The number of rotatable bonds is 5. The summed E-state index contributed by atoms with van der Waals surface area (Å²) in [6, 6.07) is 16.1. The average molecular weight is 459 g/mol. The van der Waals surface area contributed by atoms with E-state index in [4.69, 9.17) is 4.74 Å². The normalized spacial score (nSPS) is 22.0. The lowest BCUT2D eigenvalue weighted by molar-refractivity contribution is -0.143. The summed E-state index contributed by atoms with van der Waals surface area (Å²) in [6.45, 7) is 0.672. The smallest absolute Gasteiger partial charge is 0.414 e. The number of aliphatic carboxylic acids is 1. The molecule has 6 rings (SSSR count). The number of carboxylic acid groups (broad SMARTS) is 1. The second kappa shape index (κ2) is 7.41. The standard InChI is InChI=1S/C24H21N5O5/c30-20(29-10-13-9-24(13,12-29)21(31)32)19-25-22(28-27-19)26-23(33)34-11-18-16-7-3-1-5-14(16)15-6-2-4-8-17(15)18/h1-8,13,18H,9-12H2,(H,31,32)(H2,25,26,27,28,33). The minimum Gasteiger partial charge on any atom is -0.481 e. The van der Waals surface area contributed by atoms with Crippen LogP contribution in [0.2, 0.25) is 0 Å². The van der Waals surface area contributed by atoms with Gasteiger partial charge in [0.05, 0.1) is 5.41 Å². The zero-order valence-corrected chi connectivity index (χ0v) is 18.0. The first-order chi connectivity index (χ1) is 16.5. The number of likely N-dealkylation sites (tertiary alicyclic amines) is 1. The van der Waals surface area contributed by atoms with Crippen LogP contribution in [-0.4, -0.2) is 62.9 Å². The molecule has 2 aromatic carbocycles. The Labute approximate surface area is 193 Å². The predicted molar refractivity (Wildman–Crippen MR) is 119 cm³/mol. The van der Waals surface area contributed by atoms with Crippen LogP contribution in [0, 0.1) is 11.3 Å². The van der Waals surface area contributed by atoms with Crippen LogP contribution in [0.4, 0.5) is 10.7 Å². The van der Waals surface area contributed by atoms with Gasteiger partial charge in [0.15, 0.2) is 0 Å². The molecule has 1 saturated carbocycles. The molecule has 10 nitrogen and oxygen atoms in total. The molecule has 2 unspecified atom stereocenters. The molecule has 0 spiro atoms. The number of carbonyl (C=O) groups is 3. The molecule has 0 radical (unpaired) electrons. The van der Waals surface area contributed by atoms with Gasteiger partial charge in [-0.2, -0.15) is 4.98 Å². The summed E-state index contributed by atoms with van der Waals surface area (Å²) in [7, 11) is 0. The van der Waals surface area contributed by atoms with E-state index < -0.39 is 23.4 Å². The van der Waals surface area contributed by atoms with E-state index in [0.717, 1.165) is 22.3 Å². The van der Waals surface area contributed by atoms with Gasteiger partial charge in [0.2, 0.25) is 5.82 Å². The minimum atomic E-state index is -0.872. The van der Waals surface area contributed by atoms with Crippen LogP contribution in [0.5, 0.6) is 0 Å². The van der Waals surface area contributed by atoms with Gasteiger partial charge in [0.25, 0.3) is 11.9 Å². The molecule has 2 fully saturated rings. The second-order valence-corrected chi connectivity index (χ2v) is 9.01. The molecule has 0 bridgehead atoms. The quantitative estimate of drug-likeness (QED) is 0.533. The predicted octanol–water partition coefficient (Wildman–Crippen LogP) is 2.71. The number of aromatic amines is 1. The molecule has 34 heavy (non-hydrogen) atoms. The van der Waals surface area contributed by atoms with Crippen LogP contribution in [0.3, 0.4) is 0 Å². The third kappa shape index (κ3) is 3.13. The highest BCUT2D eigenvalue weighted by atomic mass is 16.5. The molecular weight excluding hydrogens is 438 g/mol. The average Bonchev–Trinajstić information content (AvgIpc) is 3.16. The van der Waals surface area contributed by atoms with Gasteiger partial charge in [-0.3, -0.25) is 20.0 Å². The number of carbonyl (C=O) groups excluding carboxylic acids is 2. The van der Waals surface area contributed by atoms with Gasteiger partial charge in [-0.05, 0) is 34.6 Å². The first-order valence-electron chi connectivity index (χ1n) is 11.0. The number of hydrogen-bond acceptors (Lipinski definition) is 6. The maximum atomic E-state index is 12.7. The molecule has 2 atom stereocenters. The largest absolute Gasteiger partial charge is 0.481 e. The van der Waals surface area contributed by atoms with Crippen LogP contribution < -0.4 is 5.32 Å². The van der Waals surface area contributed by atoms with E-state index in [1.807, 2.05) is 36.4 Å². The molecule has 3 aliphatic rings. The second-order valence-electron chi connectivity index (χ2n) is 9.01. The van der Waals surface area contributed by atoms with E-state index in [1.165, 1.54) is 4.90 Å². The maximum Gasteiger partial charge on any atom is 0.414 e. The summed E-state index contributed by atoms with van der Waals surface area (Å²) in [6.07, 6.45) is -0.135. The monoisotopic (exact) mass is 459 g/mol. The minimum absolute atomic E-state index is 0.0182. The van der Waals surface area contributed by atoms with E-state index in [-0.39, 0.29) is 36.8 Å². The number of ether oxygens (including phenoxy) is 1. The molecule has 10 heteroatoms. The summed E-state index contributed by atoms with van der Waals surface area (Å²) in [5.41, 5.74) is 3.65. The van der Waals surface area contributed by atoms with Crippen molar-refractivity contribution in [1.82, 2.24) is 20.1 Å². The molecule has 1 aromatic heterocycles. The SMILES string of the molecule is O=C(Nc1n[nH]c(C(=O)N2CC3CC3(C(=O)O)C2)n1)OCC1c2ccccc2-c2ccccc21. The van der Waals surface area contributed by atoms with Gasteiger partial charge in [-0.15, -0.1) is 5.10 Å². The van der Waals surface area contributed by atoms with Crippen molar-refractivity contribution in [3.05, 3.63) is 65.5 Å². The topological polar surface area (TPSA) is 138 Å². The number of hydrogen-bond donors (Lipinski definition) is 3. The lowest BCUT2D eigenvalue weighted by Gasteiger charge is -2.17. The van der Waals surface area contributed by atoms with Crippen molar-refractivity contribution in [1.29, 1.82) is 0 Å². The lowest BCUT2D eigenvalue weighted by Crippen LogP contribution is -2.34. The van der Waals surface area contributed by atoms with Gasteiger partial charge in [-0.25, -0.2) is 4.79 Å². The van der Waals surface area contributed by atoms with Crippen LogP contribution in [0.15, 0.2) is 48.5 Å². The summed E-state index contributed by atoms with van der Waals surface area (Å²) < 4.78 is 5.47. The molecular formula is C24H21N5O5. The fraction of sp³-hybridized carbons (Fsp3) is 0.292. The Kier molecular flexibility index (Phi) is 4.44. The van der Waals surface area contributed by atoms with Crippen LogP contribution in [-0.2, 0) is 9.53 Å². The molecule has 2 heterocycles. The van der Waals surface area contributed by atoms with Gasteiger partial charge in [0, 0.05) is 19.0 Å². The third-order valence-electron chi connectivity index (χ3n) is 7.10. The number of anilines is 1. The Morgan fingerprint density at radius 1 is 1.12 bits per heavy atom. The van der Waals surface area contributed by atoms with Crippen molar-refractivity contribution in [3.8, 4) is 11.1 Å². The Hall–Kier alpha value is -4.21. The Morgan fingerprint density at radius 2 is 1.79 bits per heavy atom. The maximum absolute atomic E-state index is 12.7. The highest BCUT2D eigenvalue weighted by molar-refractivity contribution is 5.93. The zero-order chi connectivity index (χ0) is 23.4. The van der Waals surface area contributed by atoms with Gasteiger partial charge in [0.1, 0.15) is 6.61 Å². The van der Waals surface area contributed by atoms with E-state index in [2.05, 4.69) is 32.6 Å². The van der Waals surface area contributed by atoms with E-state index in [0.29, 0.717) is 13.0 Å². The van der Waals surface area contributed by atoms with Crippen LogP contribution in [0.25, 0.3) is 11.1 Å². The number of nitrogens with zero attached hydrogens (tertiary/aromatic N) is 3. The van der Waals surface area contributed by atoms with Gasteiger partial charge >= 0.3 is 12.1 Å². The highest BCUT2D eigenvalue weighted by Crippen LogP contribution is 2.58. The molecule has 3 aromatic rings. The fourth-order valence-corrected chi connectivity index (χ4v) is 5.26. The molecule has 172 valence electrons. The van der Waals surface area contributed by atoms with Gasteiger partial charge in [-0.1, -0.05) is 48.5 Å². The van der Waals surface area contributed by atoms with Crippen LogP contribution >= 0.6 is 0 Å². The number of aromatic nitrogens is 3. The lowest BCUT2D eigenvalue weighted by atomic mass is 9.98. The number of nitrogens with one attached hydrogen (secondary N) is 2. The fourth-order valence-electron chi connectivity index (χ4n) is 5.26. The zero-order valence-electron chi connectivity index (χ0n) is 18.0. The highest BCUT2D eigenvalue weighted by Gasteiger charge is 2.66. The Bertz CT molecular complexity index is 1290. The number of benzene rings is 2. The first-order valence-corrected chi connectivity index (χ1v) is 11.0. The van der Waals surface area contributed by atoms with E-state index in [1.54, 1.807) is 0 Å². The van der Waals surface area contributed by atoms with Crippen molar-refractivity contribution < 1.29 is 24.2 Å². The summed E-state index contributed by atoms with van der Waals surface area (Å²) in [4.78, 5) is 42.0.